The molecular formula is C32H37ClN4. The molecule has 0 amide bonds. The standard InChI is InChI=1S/C32H37ClN4/c1-8-22-19(5)28-16-31-23(9-2)18(4)27(35-31)15-29-20(6)24(11-10-12-33)32(37-29)21(7)26-13-17(3)25(34-26)14-30(22)36-28/h9,13-16,20,24,34-35H,2,8,10-12H2,1,3-7H3/t20-,24-/m0/s1. The van der Waals surface area contributed by atoms with Gasteiger partial charge in [-0.1, -0.05) is 26.5 Å². The van der Waals surface area contributed by atoms with E-state index in [1.807, 2.05) is 6.08 Å². The molecule has 0 aliphatic carbocycles. The van der Waals surface area contributed by atoms with Crippen molar-refractivity contribution in [3.8, 4) is 0 Å². The molecule has 2 atom stereocenters. The van der Waals surface area contributed by atoms with Crippen molar-refractivity contribution in [2.45, 2.75) is 72.6 Å². The van der Waals surface area contributed by atoms with Crippen LogP contribution in [0.3, 0.4) is 0 Å². The number of aromatic nitrogens is 4. The fraction of sp³-hybridized carbons (Fsp3) is 0.375. The molecule has 0 fully saturated rings. The van der Waals surface area contributed by atoms with Gasteiger partial charge in [-0.25, -0.2) is 4.98 Å². The molecule has 2 aliphatic heterocycles. The number of hydrogen-bond acceptors (Lipinski definition) is 2. The Kier molecular flexibility index (Phi) is 6.89. The number of aryl methyl sites for hydroxylation is 3. The molecule has 192 valence electrons. The zero-order chi connectivity index (χ0) is 26.4. The summed E-state index contributed by atoms with van der Waals surface area (Å²) in [5.41, 5.74) is 15.9. The largest absolute Gasteiger partial charge is 0.355 e. The van der Waals surface area contributed by atoms with E-state index in [1.54, 1.807) is 0 Å². The molecule has 4 nitrogen and oxygen atoms in total. The summed E-state index contributed by atoms with van der Waals surface area (Å²) in [5, 5.41) is 0. The van der Waals surface area contributed by atoms with Crippen molar-refractivity contribution in [2.24, 2.45) is 0 Å². The Labute approximate surface area is 224 Å². The maximum absolute atomic E-state index is 6.13. The first kappa shape index (κ1) is 25.5. The second kappa shape index (κ2) is 9.98. The smallest absolute Gasteiger partial charge is 0.0693 e. The fourth-order valence-electron chi connectivity index (χ4n) is 5.97. The van der Waals surface area contributed by atoms with Gasteiger partial charge in [0.05, 0.1) is 11.4 Å². The van der Waals surface area contributed by atoms with Gasteiger partial charge in [-0.2, -0.15) is 0 Å². The highest BCUT2D eigenvalue weighted by Gasteiger charge is 2.30. The number of allylic oxidation sites excluding steroid dienone is 2. The van der Waals surface area contributed by atoms with Gasteiger partial charge < -0.3 is 9.97 Å². The molecule has 0 unspecified atom stereocenters. The normalized spacial score (nSPS) is 17.5. The van der Waals surface area contributed by atoms with Crippen molar-refractivity contribution in [2.75, 3.05) is 5.88 Å². The lowest BCUT2D eigenvalue weighted by Crippen LogP contribution is -2.04. The van der Waals surface area contributed by atoms with E-state index in [4.69, 9.17) is 21.6 Å². The maximum Gasteiger partial charge on any atom is 0.0693 e. The number of nitrogens with zero attached hydrogens (tertiary/aromatic N) is 2. The number of nitrogens with one attached hydrogen (secondary N) is 2. The van der Waals surface area contributed by atoms with Gasteiger partial charge in [0.15, 0.2) is 0 Å². The van der Waals surface area contributed by atoms with Crippen LogP contribution in [0.5, 0.6) is 0 Å². The van der Waals surface area contributed by atoms with Crippen LogP contribution in [-0.2, 0) is 0 Å². The fourth-order valence-corrected chi connectivity index (χ4v) is 6.12. The number of hydrogen-bond donors (Lipinski definition) is 2. The topological polar surface area (TPSA) is 57.4 Å². The van der Waals surface area contributed by atoms with Crippen LogP contribution in [-0.4, -0.2) is 25.8 Å². The number of rotatable bonds is 5. The molecule has 0 aromatic carbocycles. The second-order valence-electron chi connectivity index (χ2n) is 10.5. The molecule has 2 N–H and O–H groups in total. The lowest BCUT2D eigenvalue weighted by molar-refractivity contribution is 0.549. The van der Waals surface area contributed by atoms with Crippen LogP contribution in [0.15, 0.2) is 30.8 Å². The summed E-state index contributed by atoms with van der Waals surface area (Å²) in [6, 6.07) is 8.86. The minimum absolute atomic E-state index is 0.307. The number of H-pyrrole nitrogens is 2. The van der Waals surface area contributed by atoms with E-state index in [1.165, 1.54) is 33.5 Å². The molecular weight excluding hydrogens is 476 g/mol. The summed E-state index contributed by atoms with van der Waals surface area (Å²) in [6.07, 6.45) is 4.88. The van der Waals surface area contributed by atoms with E-state index in [0.717, 1.165) is 64.0 Å². The molecule has 37 heavy (non-hydrogen) atoms. The summed E-state index contributed by atoms with van der Waals surface area (Å²) < 4.78 is 0. The Balaban J connectivity index is 1.93. The van der Waals surface area contributed by atoms with Gasteiger partial charge in [-0.3, -0.25) is 4.98 Å². The van der Waals surface area contributed by atoms with E-state index in [0.29, 0.717) is 17.7 Å². The molecule has 5 heteroatoms. The lowest BCUT2D eigenvalue weighted by atomic mass is 9.86. The Morgan fingerprint density at radius 1 is 0.919 bits per heavy atom. The predicted octanol–water partition coefficient (Wildman–Crippen LogP) is 9.13. The van der Waals surface area contributed by atoms with Gasteiger partial charge in [0.25, 0.3) is 0 Å². The molecule has 5 rings (SSSR count). The Morgan fingerprint density at radius 2 is 1.62 bits per heavy atom. The molecule has 0 spiro atoms. The van der Waals surface area contributed by atoms with E-state index >= 15 is 0 Å². The molecule has 2 aliphatic rings. The van der Waals surface area contributed by atoms with Gasteiger partial charge in [0, 0.05) is 56.7 Å². The van der Waals surface area contributed by atoms with E-state index in [9.17, 15) is 0 Å². The van der Waals surface area contributed by atoms with Gasteiger partial charge in [0.2, 0.25) is 0 Å². The summed E-state index contributed by atoms with van der Waals surface area (Å²) in [6.45, 7) is 17.3. The van der Waals surface area contributed by atoms with Crippen LogP contribution in [0.2, 0.25) is 0 Å². The number of fused-ring (bicyclic) bond motifs is 8. The third-order valence-corrected chi connectivity index (χ3v) is 8.60. The predicted molar refractivity (Wildman–Crippen MR) is 159 cm³/mol. The van der Waals surface area contributed by atoms with Gasteiger partial charge in [-0.15, -0.1) is 11.6 Å². The van der Waals surface area contributed by atoms with Crippen molar-refractivity contribution in [1.82, 2.24) is 19.9 Å². The van der Waals surface area contributed by atoms with Crippen molar-refractivity contribution in [3.05, 3.63) is 75.9 Å². The zero-order valence-corrected chi connectivity index (χ0v) is 23.6. The van der Waals surface area contributed by atoms with Crippen LogP contribution in [0.1, 0.15) is 96.9 Å². The third kappa shape index (κ3) is 4.35. The van der Waals surface area contributed by atoms with Gasteiger partial charge in [-0.05, 0) is 99.1 Å². The number of aromatic amines is 2. The zero-order valence-electron chi connectivity index (χ0n) is 22.8. The minimum atomic E-state index is 0.307. The number of alkyl halides is 1. The van der Waals surface area contributed by atoms with E-state index < -0.39 is 0 Å². The minimum Gasteiger partial charge on any atom is -0.355 e. The average Bonchev–Trinajstić information content (AvgIpc) is 3.57. The van der Waals surface area contributed by atoms with Crippen molar-refractivity contribution < 1.29 is 0 Å². The highest BCUT2D eigenvalue weighted by molar-refractivity contribution is 6.17. The molecule has 0 radical (unpaired) electrons. The molecule has 0 saturated carbocycles. The summed E-state index contributed by atoms with van der Waals surface area (Å²) in [4.78, 5) is 17.7. The van der Waals surface area contributed by atoms with Crippen LogP contribution < -0.4 is 0 Å². The number of halogens is 1. The SMILES string of the molecule is C=Cc1c(C)c2cc3nc(c(C)c4cc(C)c(cc5nc(cc1[nH]2)C(C)=C5CC)[nH]4)[C@@H](CCCCl)[C@@H]3C. The molecule has 0 saturated heterocycles. The summed E-state index contributed by atoms with van der Waals surface area (Å²) in [7, 11) is 0. The van der Waals surface area contributed by atoms with Crippen molar-refractivity contribution in [3.63, 3.8) is 0 Å². The molecule has 5 heterocycles. The monoisotopic (exact) mass is 512 g/mol. The van der Waals surface area contributed by atoms with Gasteiger partial charge in [0.1, 0.15) is 0 Å². The highest BCUT2D eigenvalue weighted by atomic mass is 35.5. The van der Waals surface area contributed by atoms with Crippen LogP contribution in [0, 0.1) is 20.8 Å². The first-order valence-corrected chi connectivity index (χ1v) is 13.9. The highest BCUT2D eigenvalue weighted by Crippen LogP contribution is 2.42. The summed E-state index contributed by atoms with van der Waals surface area (Å²) in [5.74, 6) is 1.31. The van der Waals surface area contributed by atoms with Crippen LogP contribution >= 0.6 is 11.6 Å². The van der Waals surface area contributed by atoms with Crippen LogP contribution in [0.25, 0.3) is 39.3 Å². The van der Waals surface area contributed by atoms with Crippen LogP contribution in [0.4, 0.5) is 0 Å². The summed E-state index contributed by atoms with van der Waals surface area (Å²) >= 11 is 6.13. The molecule has 3 aromatic rings. The lowest BCUT2D eigenvalue weighted by Gasteiger charge is -2.16. The van der Waals surface area contributed by atoms with Crippen molar-refractivity contribution in [1.29, 1.82) is 0 Å². The third-order valence-electron chi connectivity index (χ3n) is 8.33. The maximum atomic E-state index is 6.13. The Hall–Kier alpha value is -3.11. The van der Waals surface area contributed by atoms with E-state index in [-0.39, 0.29) is 0 Å². The first-order chi connectivity index (χ1) is 17.8. The second-order valence-corrected chi connectivity index (χ2v) is 10.9. The molecule has 3 aromatic heterocycles. The van der Waals surface area contributed by atoms with E-state index in [2.05, 4.69) is 82.4 Å². The molecule has 8 bridgehead atoms. The average molecular weight is 513 g/mol. The Bertz CT molecular complexity index is 1580. The quantitative estimate of drug-likeness (QED) is 0.335. The first-order valence-electron chi connectivity index (χ1n) is 13.4. The van der Waals surface area contributed by atoms with Gasteiger partial charge >= 0.3 is 0 Å². The Morgan fingerprint density at radius 3 is 2.32 bits per heavy atom. The van der Waals surface area contributed by atoms with Crippen molar-refractivity contribution >= 4 is 50.9 Å².